The number of aryl methyl sites for hydroxylation is 1. The van der Waals surface area contributed by atoms with Gasteiger partial charge in [-0.05, 0) is 48.9 Å². The second-order valence-electron chi connectivity index (χ2n) is 7.20. The van der Waals surface area contributed by atoms with E-state index in [2.05, 4.69) is 10.6 Å². The average Bonchev–Trinajstić information content (AvgIpc) is 2.68. The van der Waals surface area contributed by atoms with Gasteiger partial charge in [-0.15, -0.1) is 0 Å². The number of nitrogens with one attached hydrogen (secondary N) is 2. The zero-order valence-electron chi connectivity index (χ0n) is 15.8. The normalized spacial score (nSPS) is 14.6. The molecule has 1 fully saturated rings. The molecule has 1 heterocycles. The van der Waals surface area contributed by atoms with Crippen molar-refractivity contribution in [2.75, 3.05) is 18.4 Å². The Kier molecular flexibility index (Phi) is 6.47. The van der Waals surface area contributed by atoms with E-state index in [9.17, 15) is 9.59 Å². The molecular weight excluding hydrogens is 338 g/mol. The first-order valence-electron chi connectivity index (χ1n) is 9.53. The number of likely N-dealkylation sites (tertiary alicyclic amines) is 1. The van der Waals surface area contributed by atoms with Crippen LogP contribution in [0.2, 0.25) is 0 Å². The van der Waals surface area contributed by atoms with Gasteiger partial charge in [0.2, 0.25) is 5.91 Å². The highest BCUT2D eigenvalue weighted by molar-refractivity contribution is 5.89. The number of urea groups is 1. The molecule has 5 nitrogen and oxygen atoms in total. The minimum atomic E-state index is -0.0624. The lowest BCUT2D eigenvalue weighted by Gasteiger charge is -2.31. The van der Waals surface area contributed by atoms with E-state index in [1.165, 1.54) is 0 Å². The first kappa shape index (κ1) is 19.0. The fourth-order valence-electron chi connectivity index (χ4n) is 3.40. The Balaban J connectivity index is 1.39. The van der Waals surface area contributed by atoms with Gasteiger partial charge in [-0.25, -0.2) is 4.79 Å². The van der Waals surface area contributed by atoms with Gasteiger partial charge in [0.15, 0.2) is 0 Å². The van der Waals surface area contributed by atoms with E-state index in [1.807, 2.05) is 66.4 Å². The Morgan fingerprint density at radius 2 is 1.78 bits per heavy atom. The number of benzene rings is 2. The van der Waals surface area contributed by atoms with Crippen LogP contribution in [-0.2, 0) is 11.3 Å². The molecule has 0 aromatic heterocycles. The first-order valence-corrected chi connectivity index (χ1v) is 9.53. The molecule has 1 aliphatic rings. The molecule has 2 N–H and O–H groups in total. The molecule has 0 aliphatic carbocycles. The Morgan fingerprint density at radius 1 is 1.04 bits per heavy atom. The summed E-state index contributed by atoms with van der Waals surface area (Å²) in [5.74, 6) is 0.422. The summed E-state index contributed by atoms with van der Waals surface area (Å²) in [7, 11) is 0. The zero-order valence-corrected chi connectivity index (χ0v) is 15.8. The van der Waals surface area contributed by atoms with Crippen molar-refractivity contribution in [2.24, 2.45) is 5.92 Å². The molecule has 1 saturated heterocycles. The molecule has 0 unspecified atom stereocenters. The zero-order chi connectivity index (χ0) is 19.1. The van der Waals surface area contributed by atoms with Crippen LogP contribution in [0.3, 0.4) is 0 Å². The lowest BCUT2D eigenvalue weighted by atomic mass is 9.93. The van der Waals surface area contributed by atoms with Gasteiger partial charge in [-0.3, -0.25) is 4.79 Å². The van der Waals surface area contributed by atoms with Crippen LogP contribution < -0.4 is 10.6 Å². The van der Waals surface area contributed by atoms with Crippen molar-refractivity contribution in [1.29, 1.82) is 0 Å². The van der Waals surface area contributed by atoms with Crippen molar-refractivity contribution >= 4 is 17.6 Å². The summed E-state index contributed by atoms with van der Waals surface area (Å²) < 4.78 is 0. The number of hydrogen-bond acceptors (Lipinski definition) is 2. The minimum Gasteiger partial charge on any atom is -0.352 e. The number of piperidine rings is 1. The maximum absolute atomic E-state index is 12.4. The number of nitrogens with zero attached hydrogens (tertiary/aromatic N) is 1. The predicted molar refractivity (Wildman–Crippen MR) is 107 cm³/mol. The number of rotatable bonds is 5. The number of hydrogen-bond donors (Lipinski definition) is 2. The molecule has 0 spiro atoms. The van der Waals surface area contributed by atoms with Crippen molar-refractivity contribution in [1.82, 2.24) is 10.2 Å². The van der Waals surface area contributed by atoms with Gasteiger partial charge in [-0.1, -0.05) is 42.5 Å². The maximum Gasteiger partial charge on any atom is 0.321 e. The molecule has 0 radical (unpaired) electrons. The lowest BCUT2D eigenvalue weighted by molar-refractivity contribution is -0.122. The second-order valence-corrected chi connectivity index (χ2v) is 7.20. The fourth-order valence-corrected chi connectivity index (χ4v) is 3.40. The van der Waals surface area contributed by atoms with Crippen molar-refractivity contribution in [3.05, 3.63) is 65.7 Å². The molecule has 2 aromatic rings. The standard InChI is InChI=1S/C22H27N3O2/c1-17-6-5-9-20(14-17)24-22(27)25-12-10-18(11-13-25)15-21(26)23-16-19-7-3-2-4-8-19/h2-9,14,18H,10-13,15-16H2,1H3,(H,23,26)(H,24,27). The van der Waals surface area contributed by atoms with Crippen LogP contribution in [0.4, 0.5) is 10.5 Å². The first-order chi connectivity index (χ1) is 13.1. The molecule has 0 saturated carbocycles. The molecule has 0 atom stereocenters. The van der Waals surface area contributed by atoms with Crippen LogP contribution in [0, 0.1) is 12.8 Å². The molecule has 3 rings (SSSR count). The third-order valence-corrected chi connectivity index (χ3v) is 4.98. The average molecular weight is 365 g/mol. The van der Waals surface area contributed by atoms with Crippen LogP contribution in [-0.4, -0.2) is 29.9 Å². The monoisotopic (exact) mass is 365 g/mol. The highest BCUT2D eigenvalue weighted by Crippen LogP contribution is 2.21. The number of amides is 3. The molecule has 142 valence electrons. The van der Waals surface area contributed by atoms with Gasteiger partial charge in [0, 0.05) is 31.7 Å². The Morgan fingerprint density at radius 3 is 2.48 bits per heavy atom. The van der Waals surface area contributed by atoms with Gasteiger partial charge in [-0.2, -0.15) is 0 Å². The summed E-state index contributed by atoms with van der Waals surface area (Å²) in [6.45, 7) is 3.95. The minimum absolute atomic E-state index is 0.0624. The van der Waals surface area contributed by atoms with E-state index in [0.717, 1.165) is 29.7 Å². The number of carbonyl (C=O) groups is 2. The van der Waals surface area contributed by atoms with Crippen LogP contribution in [0.5, 0.6) is 0 Å². The van der Waals surface area contributed by atoms with E-state index in [4.69, 9.17) is 0 Å². The van der Waals surface area contributed by atoms with E-state index in [1.54, 1.807) is 0 Å². The predicted octanol–water partition coefficient (Wildman–Crippen LogP) is 3.95. The Labute approximate surface area is 160 Å². The van der Waals surface area contributed by atoms with E-state index in [-0.39, 0.29) is 11.9 Å². The van der Waals surface area contributed by atoms with Gasteiger partial charge >= 0.3 is 6.03 Å². The van der Waals surface area contributed by atoms with Gasteiger partial charge in [0.25, 0.3) is 0 Å². The fraction of sp³-hybridized carbons (Fsp3) is 0.364. The van der Waals surface area contributed by atoms with Gasteiger partial charge in [0.05, 0.1) is 0 Å². The highest BCUT2D eigenvalue weighted by atomic mass is 16.2. The third kappa shape index (κ3) is 5.84. The smallest absolute Gasteiger partial charge is 0.321 e. The second kappa shape index (κ2) is 9.21. The van der Waals surface area contributed by atoms with E-state index < -0.39 is 0 Å². The quantitative estimate of drug-likeness (QED) is 0.843. The Hall–Kier alpha value is -2.82. The van der Waals surface area contributed by atoms with Crippen molar-refractivity contribution in [3.8, 4) is 0 Å². The van der Waals surface area contributed by atoms with E-state index >= 15 is 0 Å². The summed E-state index contributed by atoms with van der Waals surface area (Å²) in [4.78, 5) is 26.4. The topological polar surface area (TPSA) is 61.4 Å². The van der Waals surface area contributed by atoms with Crippen molar-refractivity contribution in [3.63, 3.8) is 0 Å². The molecule has 27 heavy (non-hydrogen) atoms. The van der Waals surface area contributed by atoms with Crippen LogP contribution in [0.1, 0.15) is 30.4 Å². The highest BCUT2D eigenvalue weighted by Gasteiger charge is 2.24. The summed E-state index contributed by atoms with van der Waals surface area (Å²) in [5, 5.41) is 5.94. The molecule has 0 bridgehead atoms. The van der Waals surface area contributed by atoms with Crippen molar-refractivity contribution < 1.29 is 9.59 Å². The maximum atomic E-state index is 12.4. The molecule has 1 aliphatic heterocycles. The van der Waals surface area contributed by atoms with Crippen LogP contribution in [0.15, 0.2) is 54.6 Å². The van der Waals surface area contributed by atoms with Crippen LogP contribution >= 0.6 is 0 Å². The SMILES string of the molecule is Cc1cccc(NC(=O)N2CCC(CC(=O)NCc3ccccc3)CC2)c1. The Bertz CT molecular complexity index is 768. The van der Waals surface area contributed by atoms with Crippen LogP contribution in [0.25, 0.3) is 0 Å². The summed E-state index contributed by atoms with van der Waals surface area (Å²) in [6.07, 6.45) is 2.25. The molecular formula is C22H27N3O2. The summed E-state index contributed by atoms with van der Waals surface area (Å²) in [5.41, 5.74) is 3.05. The van der Waals surface area contributed by atoms with Gasteiger partial charge in [0.1, 0.15) is 0 Å². The largest absolute Gasteiger partial charge is 0.352 e. The van der Waals surface area contributed by atoms with E-state index in [0.29, 0.717) is 32.0 Å². The number of anilines is 1. The summed E-state index contributed by atoms with van der Waals surface area (Å²) in [6, 6.07) is 17.7. The molecule has 5 heteroatoms. The third-order valence-electron chi connectivity index (χ3n) is 4.98. The molecule has 2 aromatic carbocycles. The van der Waals surface area contributed by atoms with Crippen molar-refractivity contribution in [2.45, 2.75) is 32.7 Å². The number of carbonyl (C=O) groups excluding carboxylic acids is 2. The molecule has 3 amide bonds. The summed E-state index contributed by atoms with van der Waals surface area (Å²) >= 11 is 0. The van der Waals surface area contributed by atoms with Gasteiger partial charge < -0.3 is 15.5 Å². The lowest BCUT2D eigenvalue weighted by Crippen LogP contribution is -2.41.